The highest BCUT2D eigenvalue weighted by Gasteiger charge is 2.26. The number of alkyl halides is 1. The van der Waals surface area contributed by atoms with E-state index < -0.39 is 0 Å². The van der Waals surface area contributed by atoms with Crippen LogP contribution in [0.15, 0.2) is 12.7 Å². The fraction of sp³-hybridized carbons (Fsp3) is 0.667. The second-order valence-electron chi connectivity index (χ2n) is 1.89. The summed E-state index contributed by atoms with van der Waals surface area (Å²) in [4.78, 5) is 0. The summed E-state index contributed by atoms with van der Waals surface area (Å²) in [5, 5.41) is 0. The van der Waals surface area contributed by atoms with Gasteiger partial charge in [0.2, 0.25) is 0 Å². The Bertz CT molecular complexity index is 110. The van der Waals surface area contributed by atoms with Crippen molar-refractivity contribution in [2.24, 2.45) is 0 Å². The van der Waals surface area contributed by atoms with Crippen molar-refractivity contribution in [1.82, 2.24) is 0 Å². The van der Waals surface area contributed by atoms with Gasteiger partial charge in [-0.25, -0.2) is 0 Å². The Morgan fingerprint density at radius 1 is 1.78 bits per heavy atom. The molecular weight excluding hydrogens is 156 g/mol. The van der Waals surface area contributed by atoms with Gasteiger partial charge in [0.25, 0.3) is 0 Å². The lowest BCUT2D eigenvalue weighted by molar-refractivity contribution is 0.144. The van der Waals surface area contributed by atoms with Crippen LogP contribution in [0.5, 0.6) is 0 Å². The number of rotatable bonds is 1. The van der Waals surface area contributed by atoms with Crippen molar-refractivity contribution in [3.8, 4) is 0 Å². The molecule has 3 heteroatoms. The molecule has 0 aliphatic carbocycles. The summed E-state index contributed by atoms with van der Waals surface area (Å²) in [7, 11) is 0. The molecule has 0 N–H and O–H groups in total. The minimum Gasteiger partial charge on any atom is -0.378 e. The van der Waals surface area contributed by atoms with Gasteiger partial charge in [0.1, 0.15) is 4.21 Å². The Morgan fingerprint density at radius 2 is 2.56 bits per heavy atom. The maximum absolute atomic E-state index is 5.98. The molecule has 1 aliphatic heterocycles. The number of hydrogen-bond acceptors (Lipinski definition) is 2. The first-order valence-electron chi connectivity index (χ1n) is 2.81. The highest BCUT2D eigenvalue weighted by molar-refractivity contribution is 8.02. The van der Waals surface area contributed by atoms with Gasteiger partial charge in [-0.05, 0) is 0 Å². The Balaban J connectivity index is 2.46. The summed E-state index contributed by atoms with van der Waals surface area (Å²) in [5.74, 6) is 0.968. The van der Waals surface area contributed by atoms with E-state index in [4.69, 9.17) is 16.3 Å². The van der Waals surface area contributed by atoms with Crippen LogP contribution in [0, 0.1) is 0 Å². The minimum absolute atomic E-state index is 0.349. The van der Waals surface area contributed by atoms with Gasteiger partial charge in [0, 0.05) is 5.75 Å². The van der Waals surface area contributed by atoms with Crippen molar-refractivity contribution in [1.29, 1.82) is 0 Å². The Labute approximate surface area is 64.4 Å². The second-order valence-corrected chi connectivity index (χ2v) is 4.22. The van der Waals surface area contributed by atoms with Crippen LogP contribution in [0.25, 0.3) is 0 Å². The zero-order valence-electron chi connectivity index (χ0n) is 5.10. The van der Waals surface area contributed by atoms with Crippen molar-refractivity contribution in [3.05, 3.63) is 12.7 Å². The minimum atomic E-state index is -0.349. The van der Waals surface area contributed by atoms with Crippen molar-refractivity contribution in [2.45, 2.75) is 4.21 Å². The SMILES string of the molecule is C=CC1(Cl)COCCS1. The molecule has 0 aromatic heterocycles. The van der Waals surface area contributed by atoms with Crippen LogP contribution in [0.1, 0.15) is 0 Å². The first-order chi connectivity index (χ1) is 4.27. The Hall–Kier alpha value is 0.340. The zero-order chi connectivity index (χ0) is 6.74. The number of ether oxygens (including phenoxy) is 1. The number of hydrogen-bond donors (Lipinski definition) is 0. The van der Waals surface area contributed by atoms with Crippen LogP contribution in [0.3, 0.4) is 0 Å². The topological polar surface area (TPSA) is 9.23 Å². The monoisotopic (exact) mass is 164 g/mol. The molecule has 0 bridgehead atoms. The third kappa shape index (κ3) is 1.88. The van der Waals surface area contributed by atoms with Gasteiger partial charge in [0.05, 0.1) is 13.2 Å². The molecule has 0 aromatic rings. The van der Waals surface area contributed by atoms with E-state index in [-0.39, 0.29) is 4.21 Å². The molecule has 0 amide bonds. The van der Waals surface area contributed by atoms with Gasteiger partial charge < -0.3 is 4.74 Å². The molecular formula is C6H9ClOS. The Morgan fingerprint density at radius 3 is 2.89 bits per heavy atom. The summed E-state index contributed by atoms with van der Waals surface area (Å²) in [6, 6.07) is 0. The molecule has 1 heterocycles. The molecule has 1 saturated heterocycles. The average molecular weight is 165 g/mol. The molecule has 1 rings (SSSR count). The highest BCUT2D eigenvalue weighted by atomic mass is 35.5. The van der Waals surface area contributed by atoms with E-state index in [1.165, 1.54) is 0 Å². The lowest BCUT2D eigenvalue weighted by Crippen LogP contribution is -2.27. The van der Waals surface area contributed by atoms with E-state index in [2.05, 4.69) is 6.58 Å². The predicted molar refractivity (Wildman–Crippen MR) is 42.1 cm³/mol. The van der Waals surface area contributed by atoms with Crippen molar-refractivity contribution in [3.63, 3.8) is 0 Å². The van der Waals surface area contributed by atoms with Crippen molar-refractivity contribution in [2.75, 3.05) is 19.0 Å². The van der Waals surface area contributed by atoms with E-state index in [1.807, 2.05) is 0 Å². The van der Waals surface area contributed by atoms with Crippen LogP contribution in [-0.4, -0.2) is 23.2 Å². The summed E-state index contributed by atoms with van der Waals surface area (Å²) >= 11 is 7.67. The predicted octanol–water partition coefficient (Wildman–Crippen LogP) is 1.87. The molecule has 1 atom stereocenters. The van der Waals surface area contributed by atoms with Crippen molar-refractivity contribution < 1.29 is 4.74 Å². The molecule has 1 nitrogen and oxygen atoms in total. The normalized spacial score (nSPS) is 36.1. The average Bonchev–Trinajstić information content (AvgIpc) is 1.90. The summed E-state index contributed by atoms with van der Waals surface area (Å²) in [5.41, 5.74) is 0. The lowest BCUT2D eigenvalue weighted by atomic mass is 10.4. The van der Waals surface area contributed by atoms with Gasteiger partial charge in [-0.2, -0.15) is 0 Å². The number of halogens is 1. The summed E-state index contributed by atoms with van der Waals surface area (Å²) < 4.78 is 4.80. The van der Waals surface area contributed by atoms with Gasteiger partial charge in [-0.15, -0.1) is 29.9 Å². The second kappa shape index (κ2) is 2.95. The van der Waals surface area contributed by atoms with Gasteiger partial charge in [-0.3, -0.25) is 0 Å². The van der Waals surface area contributed by atoms with Crippen LogP contribution < -0.4 is 0 Å². The van der Waals surface area contributed by atoms with Crippen LogP contribution in [-0.2, 0) is 4.74 Å². The first-order valence-corrected chi connectivity index (χ1v) is 4.17. The lowest BCUT2D eigenvalue weighted by Gasteiger charge is -2.26. The highest BCUT2D eigenvalue weighted by Crippen LogP contribution is 2.34. The van der Waals surface area contributed by atoms with Crippen molar-refractivity contribution >= 4 is 23.4 Å². The molecule has 0 saturated carbocycles. The maximum Gasteiger partial charge on any atom is 0.131 e. The molecule has 1 aliphatic rings. The summed E-state index contributed by atoms with van der Waals surface area (Å²) in [6.07, 6.45) is 1.73. The van der Waals surface area contributed by atoms with E-state index in [9.17, 15) is 0 Å². The van der Waals surface area contributed by atoms with Crippen LogP contribution in [0.4, 0.5) is 0 Å². The standard InChI is InChI=1S/C6H9ClOS/c1-2-6(7)5-8-3-4-9-6/h2H,1,3-5H2. The van der Waals surface area contributed by atoms with E-state index in [0.717, 1.165) is 12.4 Å². The molecule has 1 unspecified atom stereocenters. The fourth-order valence-electron chi connectivity index (χ4n) is 0.641. The maximum atomic E-state index is 5.98. The number of thioether (sulfide) groups is 1. The quantitative estimate of drug-likeness (QED) is 0.432. The van der Waals surface area contributed by atoms with Crippen LogP contribution in [0.2, 0.25) is 0 Å². The van der Waals surface area contributed by atoms with Gasteiger partial charge in [-0.1, -0.05) is 6.08 Å². The van der Waals surface area contributed by atoms with E-state index in [0.29, 0.717) is 6.61 Å². The fourth-order valence-corrected chi connectivity index (χ4v) is 1.77. The van der Waals surface area contributed by atoms with E-state index in [1.54, 1.807) is 17.8 Å². The third-order valence-electron chi connectivity index (χ3n) is 1.17. The largest absolute Gasteiger partial charge is 0.378 e. The van der Waals surface area contributed by atoms with Gasteiger partial charge >= 0.3 is 0 Å². The zero-order valence-corrected chi connectivity index (χ0v) is 6.67. The summed E-state index contributed by atoms with van der Waals surface area (Å²) in [6.45, 7) is 5.02. The molecule has 0 radical (unpaired) electrons. The smallest absolute Gasteiger partial charge is 0.131 e. The molecule has 9 heavy (non-hydrogen) atoms. The Kier molecular flexibility index (Phi) is 2.44. The molecule has 0 aromatic carbocycles. The molecule has 1 fully saturated rings. The molecule has 0 spiro atoms. The van der Waals surface area contributed by atoms with Gasteiger partial charge in [0.15, 0.2) is 0 Å². The van der Waals surface area contributed by atoms with E-state index >= 15 is 0 Å². The van der Waals surface area contributed by atoms with Crippen LogP contribution >= 0.6 is 23.4 Å². The first kappa shape index (κ1) is 7.45. The third-order valence-corrected chi connectivity index (χ3v) is 2.90. The molecule has 52 valence electrons.